The molecule has 1 heterocycles. The molecule has 0 radical (unpaired) electrons. The molecule has 102 valence electrons. The Morgan fingerprint density at radius 1 is 1.33 bits per heavy atom. The molecule has 0 saturated carbocycles. The number of anilines is 1. The topological polar surface area (TPSA) is 51.4 Å². The lowest BCUT2D eigenvalue weighted by atomic mass is 10.1. The number of methoxy groups -OCH3 is 1. The molecular weight excluding hydrogens is 226 g/mol. The number of rotatable bonds is 8. The number of hydrogen-bond donors (Lipinski definition) is 1. The highest BCUT2D eigenvalue weighted by Gasteiger charge is 2.16. The largest absolute Gasteiger partial charge is 0.383 e. The van der Waals surface area contributed by atoms with Crippen LogP contribution in [0.4, 0.5) is 5.82 Å². The molecule has 1 aromatic heterocycles. The lowest BCUT2D eigenvalue weighted by molar-refractivity contribution is 0.202. The van der Waals surface area contributed by atoms with Gasteiger partial charge < -0.3 is 15.4 Å². The van der Waals surface area contributed by atoms with E-state index in [-0.39, 0.29) is 0 Å². The Labute approximate surface area is 110 Å². The third kappa shape index (κ3) is 3.96. The first-order chi connectivity index (χ1) is 8.76. The van der Waals surface area contributed by atoms with Gasteiger partial charge in [-0.1, -0.05) is 19.9 Å². The second kappa shape index (κ2) is 8.06. The van der Waals surface area contributed by atoms with Gasteiger partial charge in [-0.25, -0.2) is 4.98 Å². The number of pyridine rings is 1. The molecule has 2 N–H and O–H groups in total. The van der Waals surface area contributed by atoms with Crippen molar-refractivity contribution < 1.29 is 4.74 Å². The van der Waals surface area contributed by atoms with E-state index in [1.165, 1.54) is 0 Å². The van der Waals surface area contributed by atoms with Crippen LogP contribution in [0.1, 0.15) is 32.4 Å². The number of hydrogen-bond acceptors (Lipinski definition) is 4. The van der Waals surface area contributed by atoms with Crippen LogP contribution in [0, 0.1) is 0 Å². The van der Waals surface area contributed by atoms with Gasteiger partial charge in [0.15, 0.2) is 0 Å². The molecule has 0 aliphatic carbocycles. The third-order valence-corrected chi connectivity index (χ3v) is 3.22. The normalized spacial score (nSPS) is 10.9. The number of nitrogens with zero attached hydrogens (tertiary/aromatic N) is 2. The van der Waals surface area contributed by atoms with E-state index in [1.807, 2.05) is 18.2 Å². The highest BCUT2D eigenvalue weighted by molar-refractivity contribution is 5.40. The van der Waals surface area contributed by atoms with E-state index in [0.29, 0.717) is 19.2 Å². The predicted molar refractivity (Wildman–Crippen MR) is 75.7 cm³/mol. The molecule has 1 rings (SSSR count). The Morgan fingerprint density at radius 3 is 2.61 bits per heavy atom. The fraction of sp³-hybridized carbons (Fsp3) is 0.643. The van der Waals surface area contributed by atoms with Crippen LogP contribution in [0.25, 0.3) is 0 Å². The SMILES string of the molecule is CCC(CC)N(CCOC)c1cccc(CN)n1. The monoisotopic (exact) mass is 251 g/mol. The van der Waals surface area contributed by atoms with Gasteiger partial charge in [0.1, 0.15) is 5.82 Å². The number of nitrogens with two attached hydrogens (primary N) is 1. The van der Waals surface area contributed by atoms with E-state index in [2.05, 4.69) is 23.7 Å². The first-order valence-electron chi connectivity index (χ1n) is 6.68. The Morgan fingerprint density at radius 2 is 2.06 bits per heavy atom. The minimum Gasteiger partial charge on any atom is -0.383 e. The lowest BCUT2D eigenvalue weighted by Gasteiger charge is -2.31. The van der Waals surface area contributed by atoms with Crippen LogP contribution in [0.15, 0.2) is 18.2 Å². The summed E-state index contributed by atoms with van der Waals surface area (Å²) in [6.45, 7) is 6.48. The van der Waals surface area contributed by atoms with Gasteiger partial charge in [0.2, 0.25) is 0 Å². The molecule has 0 saturated heterocycles. The standard InChI is InChI=1S/C14H25N3O/c1-4-13(5-2)17(9-10-18-3)14-8-6-7-12(11-15)16-14/h6-8,13H,4-5,9-11,15H2,1-3H3. The van der Waals surface area contributed by atoms with Crippen molar-refractivity contribution in [2.45, 2.75) is 39.3 Å². The Kier molecular flexibility index (Phi) is 6.68. The summed E-state index contributed by atoms with van der Waals surface area (Å²) >= 11 is 0. The fourth-order valence-electron chi connectivity index (χ4n) is 2.14. The first kappa shape index (κ1) is 14.9. The molecule has 0 atom stereocenters. The van der Waals surface area contributed by atoms with Crippen LogP contribution in [0.2, 0.25) is 0 Å². The molecule has 0 amide bonds. The van der Waals surface area contributed by atoms with E-state index >= 15 is 0 Å². The van der Waals surface area contributed by atoms with Crippen molar-refractivity contribution in [2.75, 3.05) is 25.2 Å². The van der Waals surface area contributed by atoms with E-state index in [4.69, 9.17) is 10.5 Å². The van der Waals surface area contributed by atoms with Crippen LogP contribution >= 0.6 is 0 Å². The Hall–Kier alpha value is -1.13. The molecule has 1 aromatic rings. The maximum absolute atomic E-state index is 5.65. The van der Waals surface area contributed by atoms with E-state index in [9.17, 15) is 0 Å². The van der Waals surface area contributed by atoms with Crippen LogP contribution < -0.4 is 10.6 Å². The molecule has 0 aliphatic rings. The van der Waals surface area contributed by atoms with Crippen LogP contribution in [0.5, 0.6) is 0 Å². The van der Waals surface area contributed by atoms with Crippen molar-refractivity contribution in [3.05, 3.63) is 23.9 Å². The van der Waals surface area contributed by atoms with Gasteiger partial charge in [-0.3, -0.25) is 0 Å². The summed E-state index contributed by atoms with van der Waals surface area (Å²) in [5.41, 5.74) is 6.59. The van der Waals surface area contributed by atoms with Crippen LogP contribution in [-0.2, 0) is 11.3 Å². The van der Waals surface area contributed by atoms with Crippen molar-refractivity contribution in [1.29, 1.82) is 0 Å². The van der Waals surface area contributed by atoms with Gasteiger partial charge in [0.05, 0.1) is 12.3 Å². The number of aromatic nitrogens is 1. The Bertz CT molecular complexity index is 340. The lowest BCUT2D eigenvalue weighted by Crippen LogP contribution is -2.37. The van der Waals surface area contributed by atoms with Crippen LogP contribution in [-0.4, -0.2) is 31.3 Å². The third-order valence-electron chi connectivity index (χ3n) is 3.22. The second-order valence-corrected chi connectivity index (χ2v) is 4.35. The van der Waals surface area contributed by atoms with Gasteiger partial charge in [0, 0.05) is 26.2 Å². The minimum atomic E-state index is 0.481. The summed E-state index contributed by atoms with van der Waals surface area (Å²) < 4.78 is 5.20. The second-order valence-electron chi connectivity index (χ2n) is 4.35. The first-order valence-corrected chi connectivity index (χ1v) is 6.68. The molecule has 0 aliphatic heterocycles. The molecule has 4 heteroatoms. The van der Waals surface area contributed by atoms with E-state index in [1.54, 1.807) is 7.11 Å². The fourth-order valence-corrected chi connectivity index (χ4v) is 2.14. The van der Waals surface area contributed by atoms with Crippen molar-refractivity contribution >= 4 is 5.82 Å². The quantitative estimate of drug-likeness (QED) is 0.769. The summed E-state index contributed by atoms with van der Waals surface area (Å²) in [7, 11) is 1.73. The van der Waals surface area contributed by atoms with Crippen molar-refractivity contribution in [1.82, 2.24) is 4.98 Å². The molecule has 4 nitrogen and oxygen atoms in total. The summed E-state index contributed by atoms with van der Waals surface area (Å²) in [4.78, 5) is 6.93. The van der Waals surface area contributed by atoms with Gasteiger partial charge in [-0.05, 0) is 25.0 Å². The average Bonchev–Trinajstić information content (AvgIpc) is 2.43. The number of ether oxygens (including phenoxy) is 1. The zero-order chi connectivity index (χ0) is 13.4. The Balaban J connectivity index is 2.92. The molecule has 0 unspecified atom stereocenters. The van der Waals surface area contributed by atoms with Crippen LogP contribution in [0.3, 0.4) is 0 Å². The van der Waals surface area contributed by atoms with Crippen molar-refractivity contribution in [3.63, 3.8) is 0 Å². The molecule has 0 spiro atoms. The maximum Gasteiger partial charge on any atom is 0.129 e. The summed E-state index contributed by atoms with van der Waals surface area (Å²) in [6.07, 6.45) is 2.21. The minimum absolute atomic E-state index is 0.481. The highest BCUT2D eigenvalue weighted by atomic mass is 16.5. The van der Waals surface area contributed by atoms with Gasteiger partial charge in [-0.2, -0.15) is 0 Å². The highest BCUT2D eigenvalue weighted by Crippen LogP contribution is 2.18. The van der Waals surface area contributed by atoms with Crippen molar-refractivity contribution in [3.8, 4) is 0 Å². The van der Waals surface area contributed by atoms with Crippen molar-refractivity contribution in [2.24, 2.45) is 5.73 Å². The van der Waals surface area contributed by atoms with Gasteiger partial charge in [0.25, 0.3) is 0 Å². The molecule has 0 bridgehead atoms. The average molecular weight is 251 g/mol. The summed E-state index contributed by atoms with van der Waals surface area (Å²) in [5.74, 6) is 1.00. The smallest absolute Gasteiger partial charge is 0.129 e. The van der Waals surface area contributed by atoms with E-state index in [0.717, 1.165) is 30.9 Å². The molecular formula is C14H25N3O. The predicted octanol–water partition coefficient (Wildman–Crippen LogP) is 2.18. The van der Waals surface area contributed by atoms with Gasteiger partial charge >= 0.3 is 0 Å². The summed E-state index contributed by atoms with van der Waals surface area (Å²) in [5, 5.41) is 0. The zero-order valence-corrected chi connectivity index (χ0v) is 11.7. The molecule has 18 heavy (non-hydrogen) atoms. The van der Waals surface area contributed by atoms with E-state index < -0.39 is 0 Å². The maximum atomic E-state index is 5.65. The molecule has 0 aromatic carbocycles. The zero-order valence-electron chi connectivity index (χ0n) is 11.7. The van der Waals surface area contributed by atoms with Gasteiger partial charge in [-0.15, -0.1) is 0 Å². The summed E-state index contributed by atoms with van der Waals surface area (Å²) in [6, 6.07) is 6.53. The molecule has 0 fully saturated rings.